The number of thiocarbonyl (C=S) groups is 1. The third kappa shape index (κ3) is 8.39. The molecule has 3 rings (SSSR count). The average molecular weight is 599 g/mol. The molecule has 3 aromatic rings. The SMILES string of the molecule is CCCNC(=S)N(Cc1ccccc1C(F)(F)F)C(N)[C@@H](C(=O)Cc1cncn1Cc1ccc(C#N)cc1)[C@@H](C)CC. The van der Waals surface area contributed by atoms with Crippen LogP contribution in [0.25, 0.3) is 0 Å². The summed E-state index contributed by atoms with van der Waals surface area (Å²) in [5.41, 5.74) is 8.23. The molecule has 1 aromatic heterocycles. The summed E-state index contributed by atoms with van der Waals surface area (Å²) in [7, 11) is 0. The standard InChI is InChI=1S/C31H37F3N6OS/c1-4-14-38-30(42)40(19-24-8-6-7-9-26(24)31(32,33)34)29(36)28(21(3)5-2)27(41)15-25-17-37-20-39(25)18-23-12-10-22(16-35)11-13-23/h6-13,17,20-21,28-29H,4-5,14-15,18-19,36H2,1-3H3,(H,38,42)/t21-,28+,29?/m0/s1. The molecular weight excluding hydrogens is 561 g/mol. The number of hydrogen-bond donors (Lipinski definition) is 2. The minimum absolute atomic E-state index is 0.0249. The second-order valence-corrected chi connectivity index (χ2v) is 10.8. The molecule has 11 heteroatoms. The smallest absolute Gasteiger partial charge is 0.363 e. The molecule has 3 atom stereocenters. The Balaban J connectivity index is 1.90. The van der Waals surface area contributed by atoms with Gasteiger partial charge in [-0.25, -0.2) is 4.98 Å². The Labute approximate surface area is 250 Å². The van der Waals surface area contributed by atoms with E-state index in [1.54, 1.807) is 30.7 Å². The molecule has 0 aliphatic heterocycles. The molecule has 0 bridgehead atoms. The highest BCUT2D eigenvalue weighted by Crippen LogP contribution is 2.33. The summed E-state index contributed by atoms with van der Waals surface area (Å²) in [4.78, 5) is 19.7. The number of benzene rings is 2. The van der Waals surface area contributed by atoms with Crippen molar-refractivity contribution in [2.24, 2.45) is 17.6 Å². The number of halogens is 3. The number of imidazole rings is 1. The molecule has 0 aliphatic carbocycles. The van der Waals surface area contributed by atoms with Crippen molar-refractivity contribution >= 4 is 23.1 Å². The highest BCUT2D eigenvalue weighted by atomic mass is 32.1. The van der Waals surface area contributed by atoms with Gasteiger partial charge in [-0.1, -0.05) is 57.5 Å². The van der Waals surface area contributed by atoms with Crippen molar-refractivity contribution in [1.29, 1.82) is 5.26 Å². The molecule has 2 aromatic carbocycles. The fourth-order valence-corrected chi connectivity index (χ4v) is 5.16. The average Bonchev–Trinajstić information content (AvgIpc) is 3.40. The molecule has 7 nitrogen and oxygen atoms in total. The van der Waals surface area contributed by atoms with Gasteiger partial charge in [0, 0.05) is 37.9 Å². The molecule has 0 saturated heterocycles. The highest BCUT2D eigenvalue weighted by Gasteiger charge is 2.37. The lowest BCUT2D eigenvalue weighted by Crippen LogP contribution is -2.56. The Morgan fingerprint density at radius 1 is 1.19 bits per heavy atom. The van der Waals surface area contributed by atoms with Gasteiger partial charge in [0.1, 0.15) is 5.78 Å². The summed E-state index contributed by atoms with van der Waals surface area (Å²) in [6, 6.07) is 14.6. The number of aromatic nitrogens is 2. The molecule has 0 saturated carbocycles. The van der Waals surface area contributed by atoms with Gasteiger partial charge in [0.2, 0.25) is 0 Å². The number of nitrogens with two attached hydrogens (primary N) is 1. The predicted molar refractivity (Wildman–Crippen MR) is 160 cm³/mol. The van der Waals surface area contributed by atoms with Crippen LogP contribution in [-0.2, 0) is 30.5 Å². The molecule has 0 amide bonds. The number of Topliss-reactive ketones (excluding diaryl/α,β-unsaturated/α-hetero) is 1. The number of nitrogens with one attached hydrogen (secondary N) is 1. The largest absolute Gasteiger partial charge is 0.416 e. The number of nitrogens with zero attached hydrogens (tertiary/aromatic N) is 4. The van der Waals surface area contributed by atoms with Crippen LogP contribution in [-0.4, -0.2) is 38.1 Å². The van der Waals surface area contributed by atoms with Gasteiger partial charge in [0.15, 0.2) is 5.11 Å². The second-order valence-electron chi connectivity index (χ2n) is 10.4. The van der Waals surface area contributed by atoms with Crippen LogP contribution in [0.4, 0.5) is 13.2 Å². The third-order valence-electron chi connectivity index (χ3n) is 7.40. The van der Waals surface area contributed by atoms with E-state index >= 15 is 0 Å². The molecule has 0 aliphatic rings. The number of carbonyl (C=O) groups excluding carboxylic acids is 1. The van der Waals surface area contributed by atoms with E-state index in [2.05, 4.69) is 16.4 Å². The molecule has 42 heavy (non-hydrogen) atoms. The van der Waals surface area contributed by atoms with E-state index in [0.29, 0.717) is 30.8 Å². The Bertz CT molecular complexity index is 1380. The summed E-state index contributed by atoms with van der Waals surface area (Å²) < 4.78 is 43.4. The number of ketones is 1. The molecule has 0 radical (unpaired) electrons. The summed E-state index contributed by atoms with van der Waals surface area (Å²) in [6.45, 7) is 6.58. The van der Waals surface area contributed by atoms with Crippen molar-refractivity contribution < 1.29 is 18.0 Å². The number of carbonyl (C=O) groups is 1. The number of rotatable bonds is 13. The summed E-state index contributed by atoms with van der Waals surface area (Å²) in [6.07, 6.45) is -0.823. The zero-order chi connectivity index (χ0) is 30.9. The van der Waals surface area contributed by atoms with Crippen LogP contribution in [0.15, 0.2) is 61.1 Å². The highest BCUT2D eigenvalue weighted by molar-refractivity contribution is 7.80. The van der Waals surface area contributed by atoms with Gasteiger partial charge in [-0.3, -0.25) is 4.79 Å². The van der Waals surface area contributed by atoms with Crippen LogP contribution in [0.3, 0.4) is 0 Å². The number of alkyl halides is 3. The van der Waals surface area contributed by atoms with Gasteiger partial charge < -0.3 is 20.5 Å². The summed E-state index contributed by atoms with van der Waals surface area (Å²) in [5.74, 6) is -1.03. The van der Waals surface area contributed by atoms with Gasteiger partial charge in [0.05, 0.1) is 35.6 Å². The van der Waals surface area contributed by atoms with Gasteiger partial charge in [-0.15, -0.1) is 0 Å². The normalized spacial score (nSPS) is 13.6. The van der Waals surface area contributed by atoms with Crippen molar-refractivity contribution in [3.63, 3.8) is 0 Å². The topological polar surface area (TPSA) is 100.0 Å². The zero-order valence-corrected chi connectivity index (χ0v) is 24.9. The van der Waals surface area contributed by atoms with E-state index in [4.69, 9.17) is 23.2 Å². The van der Waals surface area contributed by atoms with Crippen molar-refractivity contribution in [3.8, 4) is 6.07 Å². The maximum atomic E-state index is 13.9. The zero-order valence-electron chi connectivity index (χ0n) is 24.1. The fourth-order valence-electron chi connectivity index (χ4n) is 4.87. The Morgan fingerprint density at radius 3 is 2.50 bits per heavy atom. The minimum atomic E-state index is -4.55. The summed E-state index contributed by atoms with van der Waals surface area (Å²) in [5, 5.41) is 12.3. The van der Waals surface area contributed by atoms with Crippen molar-refractivity contribution in [1.82, 2.24) is 19.8 Å². The second kappa shape index (κ2) is 14.9. The van der Waals surface area contributed by atoms with Crippen LogP contribution in [0.5, 0.6) is 0 Å². The van der Waals surface area contributed by atoms with Crippen LogP contribution >= 0.6 is 12.2 Å². The first-order valence-electron chi connectivity index (χ1n) is 14.0. The first-order chi connectivity index (χ1) is 20.0. The van der Waals surface area contributed by atoms with E-state index in [0.717, 1.165) is 18.1 Å². The minimum Gasteiger partial charge on any atom is -0.363 e. The van der Waals surface area contributed by atoms with Gasteiger partial charge in [-0.2, -0.15) is 18.4 Å². The first kappa shape index (κ1) is 32.8. The molecular formula is C31H37F3N6OS. The number of hydrogen-bond acceptors (Lipinski definition) is 5. The van der Waals surface area contributed by atoms with Crippen LogP contribution in [0, 0.1) is 23.2 Å². The Morgan fingerprint density at radius 2 is 1.88 bits per heavy atom. The lowest BCUT2D eigenvalue weighted by Gasteiger charge is -2.38. The quantitative estimate of drug-likeness (QED) is 0.193. The lowest BCUT2D eigenvalue weighted by atomic mass is 9.83. The van der Waals surface area contributed by atoms with E-state index in [1.807, 2.05) is 37.5 Å². The van der Waals surface area contributed by atoms with E-state index in [9.17, 15) is 18.0 Å². The molecule has 1 heterocycles. The monoisotopic (exact) mass is 598 g/mol. The molecule has 0 fully saturated rings. The number of nitriles is 1. The van der Waals surface area contributed by atoms with Gasteiger partial charge >= 0.3 is 6.18 Å². The Hall–Kier alpha value is -3.75. The Kier molecular flexibility index (Phi) is 11.6. The first-order valence-corrected chi connectivity index (χ1v) is 14.4. The van der Waals surface area contributed by atoms with E-state index < -0.39 is 23.8 Å². The van der Waals surface area contributed by atoms with E-state index in [1.165, 1.54) is 17.0 Å². The summed E-state index contributed by atoms with van der Waals surface area (Å²) >= 11 is 5.62. The van der Waals surface area contributed by atoms with Crippen molar-refractivity contribution in [2.75, 3.05) is 6.54 Å². The third-order valence-corrected chi connectivity index (χ3v) is 7.78. The van der Waals surface area contributed by atoms with Crippen LogP contribution < -0.4 is 11.1 Å². The van der Waals surface area contributed by atoms with Crippen LogP contribution in [0.1, 0.15) is 61.6 Å². The molecule has 0 spiro atoms. The maximum absolute atomic E-state index is 13.9. The van der Waals surface area contributed by atoms with Crippen LogP contribution in [0.2, 0.25) is 0 Å². The van der Waals surface area contributed by atoms with E-state index in [-0.39, 0.29) is 35.3 Å². The van der Waals surface area contributed by atoms with Crippen molar-refractivity contribution in [3.05, 3.63) is 89.0 Å². The van der Waals surface area contributed by atoms with Gasteiger partial charge in [0.25, 0.3) is 0 Å². The predicted octanol–water partition coefficient (Wildman–Crippen LogP) is 5.67. The van der Waals surface area contributed by atoms with Gasteiger partial charge in [-0.05, 0) is 53.9 Å². The molecule has 3 N–H and O–H groups in total. The van der Waals surface area contributed by atoms with Crippen molar-refractivity contribution in [2.45, 2.75) is 65.5 Å². The lowest BCUT2D eigenvalue weighted by molar-refractivity contribution is -0.138. The maximum Gasteiger partial charge on any atom is 0.416 e. The molecule has 224 valence electrons. The fraction of sp³-hybridized carbons (Fsp3) is 0.419. The molecule has 1 unspecified atom stereocenters.